The van der Waals surface area contributed by atoms with Crippen LogP contribution in [0.4, 0.5) is 0 Å². The normalized spacial score (nSPS) is 30.9. The molecule has 0 bridgehead atoms. The van der Waals surface area contributed by atoms with Crippen molar-refractivity contribution >= 4 is 12.4 Å². The zero-order valence-electron chi connectivity index (χ0n) is 9.00. The van der Waals surface area contributed by atoms with E-state index in [0.717, 1.165) is 13.0 Å². The van der Waals surface area contributed by atoms with E-state index in [1.807, 2.05) is 13.8 Å². The molecular formula is C10H22ClNO. The number of hydrogen-bond acceptors (Lipinski definition) is 2. The lowest BCUT2D eigenvalue weighted by Gasteiger charge is -2.17. The third kappa shape index (κ3) is 2.83. The van der Waals surface area contributed by atoms with Gasteiger partial charge in [-0.05, 0) is 44.1 Å². The van der Waals surface area contributed by atoms with E-state index in [1.165, 1.54) is 0 Å². The standard InChI is InChI=1S/C10H21NO.ClH/c1-9(2,12)5-7-8(6-11)10(7,3)4;/h7-8,12H,5-6,11H2,1-4H3;1H/t7-,8+;/m0./s1. The second-order valence-electron chi connectivity index (χ2n) is 5.29. The Morgan fingerprint density at radius 1 is 1.31 bits per heavy atom. The van der Waals surface area contributed by atoms with Gasteiger partial charge in [0.05, 0.1) is 5.60 Å². The van der Waals surface area contributed by atoms with Gasteiger partial charge >= 0.3 is 0 Å². The van der Waals surface area contributed by atoms with E-state index in [4.69, 9.17) is 5.73 Å². The van der Waals surface area contributed by atoms with Crippen molar-refractivity contribution in [2.75, 3.05) is 6.54 Å². The topological polar surface area (TPSA) is 46.2 Å². The Morgan fingerprint density at radius 3 is 2.00 bits per heavy atom. The maximum Gasteiger partial charge on any atom is 0.0594 e. The zero-order valence-corrected chi connectivity index (χ0v) is 9.82. The molecular weight excluding hydrogens is 186 g/mol. The molecule has 1 aliphatic carbocycles. The summed E-state index contributed by atoms with van der Waals surface area (Å²) in [6.07, 6.45) is 0.877. The molecule has 0 aliphatic heterocycles. The molecule has 0 amide bonds. The van der Waals surface area contributed by atoms with Gasteiger partial charge in [-0.25, -0.2) is 0 Å². The van der Waals surface area contributed by atoms with Crippen molar-refractivity contribution in [1.29, 1.82) is 0 Å². The second-order valence-corrected chi connectivity index (χ2v) is 5.29. The average molecular weight is 208 g/mol. The molecule has 0 heterocycles. The van der Waals surface area contributed by atoms with E-state index < -0.39 is 5.60 Å². The third-order valence-electron chi connectivity index (χ3n) is 3.26. The fourth-order valence-corrected chi connectivity index (χ4v) is 2.27. The van der Waals surface area contributed by atoms with Crippen LogP contribution in [0, 0.1) is 17.3 Å². The molecule has 0 aromatic rings. The van der Waals surface area contributed by atoms with Gasteiger partial charge in [-0.1, -0.05) is 13.8 Å². The first-order chi connectivity index (χ1) is 5.29. The number of halogens is 1. The first-order valence-corrected chi connectivity index (χ1v) is 4.71. The smallest absolute Gasteiger partial charge is 0.0594 e. The van der Waals surface area contributed by atoms with Gasteiger partial charge in [-0.2, -0.15) is 0 Å². The highest BCUT2D eigenvalue weighted by Crippen LogP contribution is 2.60. The molecule has 0 radical (unpaired) electrons. The van der Waals surface area contributed by atoms with E-state index in [2.05, 4.69) is 13.8 Å². The van der Waals surface area contributed by atoms with Crippen molar-refractivity contribution < 1.29 is 5.11 Å². The monoisotopic (exact) mass is 207 g/mol. The number of rotatable bonds is 3. The third-order valence-corrected chi connectivity index (χ3v) is 3.26. The highest BCUT2D eigenvalue weighted by atomic mass is 35.5. The lowest BCUT2D eigenvalue weighted by molar-refractivity contribution is 0.0603. The van der Waals surface area contributed by atoms with Crippen LogP contribution < -0.4 is 5.73 Å². The Hall–Kier alpha value is 0.210. The number of aliphatic hydroxyl groups is 1. The quantitative estimate of drug-likeness (QED) is 0.742. The van der Waals surface area contributed by atoms with Crippen molar-refractivity contribution in [2.24, 2.45) is 23.0 Å². The fourth-order valence-electron chi connectivity index (χ4n) is 2.27. The summed E-state index contributed by atoms with van der Waals surface area (Å²) in [6.45, 7) is 8.97. The molecule has 80 valence electrons. The number of nitrogens with two attached hydrogens (primary N) is 1. The molecule has 3 N–H and O–H groups in total. The highest BCUT2D eigenvalue weighted by Gasteiger charge is 2.57. The van der Waals surface area contributed by atoms with Crippen LogP contribution in [0.2, 0.25) is 0 Å². The molecule has 0 saturated heterocycles. The van der Waals surface area contributed by atoms with Crippen molar-refractivity contribution in [1.82, 2.24) is 0 Å². The van der Waals surface area contributed by atoms with Crippen LogP contribution in [-0.2, 0) is 0 Å². The van der Waals surface area contributed by atoms with E-state index in [9.17, 15) is 5.11 Å². The minimum Gasteiger partial charge on any atom is -0.390 e. The van der Waals surface area contributed by atoms with Gasteiger partial charge in [0.25, 0.3) is 0 Å². The van der Waals surface area contributed by atoms with Gasteiger partial charge in [0.15, 0.2) is 0 Å². The minimum atomic E-state index is -0.536. The van der Waals surface area contributed by atoms with Crippen LogP contribution in [0.1, 0.15) is 34.1 Å². The van der Waals surface area contributed by atoms with Crippen molar-refractivity contribution in [3.63, 3.8) is 0 Å². The summed E-state index contributed by atoms with van der Waals surface area (Å²) in [7, 11) is 0. The Kier molecular flexibility index (Phi) is 3.82. The van der Waals surface area contributed by atoms with E-state index >= 15 is 0 Å². The van der Waals surface area contributed by atoms with Crippen LogP contribution in [0.25, 0.3) is 0 Å². The minimum absolute atomic E-state index is 0. The molecule has 2 nitrogen and oxygen atoms in total. The largest absolute Gasteiger partial charge is 0.390 e. The van der Waals surface area contributed by atoms with Crippen LogP contribution >= 0.6 is 12.4 Å². The lowest BCUT2D eigenvalue weighted by Crippen LogP contribution is -2.20. The van der Waals surface area contributed by atoms with Gasteiger partial charge in [0.1, 0.15) is 0 Å². The fraction of sp³-hybridized carbons (Fsp3) is 1.00. The van der Waals surface area contributed by atoms with Crippen molar-refractivity contribution in [2.45, 2.75) is 39.7 Å². The average Bonchev–Trinajstić information content (AvgIpc) is 2.30. The van der Waals surface area contributed by atoms with Crippen molar-refractivity contribution in [3.05, 3.63) is 0 Å². The first-order valence-electron chi connectivity index (χ1n) is 4.71. The van der Waals surface area contributed by atoms with E-state index in [0.29, 0.717) is 17.3 Å². The molecule has 13 heavy (non-hydrogen) atoms. The highest BCUT2D eigenvalue weighted by molar-refractivity contribution is 5.85. The van der Waals surface area contributed by atoms with Gasteiger partial charge in [-0.15, -0.1) is 12.4 Å². The summed E-state index contributed by atoms with van der Waals surface area (Å²) in [5.41, 5.74) is 5.46. The van der Waals surface area contributed by atoms with Gasteiger partial charge in [0.2, 0.25) is 0 Å². The zero-order chi connectivity index (χ0) is 9.57. The van der Waals surface area contributed by atoms with Crippen LogP contribution in [0.5, 0.6) is 0 Å². The molecule has 2 atom stereocenters. The first kappa shape index (κ1) is 13.2. The maximum absolute atomic E-state index is 9.63. The Labute approximate surface area is 87.3 Å². The SMILES string of the molecule is CC(C)(O)C[C@H]1[C@@H](CN)C1(C)C.Cl. The summed E-state index contributed by atoms with van der Waals surface area (Å²) in [5, 5.41) is 9.63. The predicted octanol–water partition coefficient (Wildman–Crippen LogP) is 1.80. The molecule has 1 saturated carbocycles. The summed E-state index contributed by atoms with van der Waals surface area (Å²) in [6, 6.07) is 0. The van der Waals surface area contributed by atoms with Crippen LogP contribution in [0.15, 0.2) is 0 Å². The Morgan fingerprint density at radius 2 is 1.77 bits per heavy atom. The molecule has 0 unspecified atom stereocenters. The number of hydrogen-bond donors (Lipinski definition) is 2. The molecule has 1 rings (SSSR count). The maximum atomic E-state index is 9.63. The van der Waals surface area contributed by atoms with Gasteiger partial charge in [-0.3, -0.25) is 0 Å². The molecule has 1 fully saturated rings. The summed E-state index contributed by atoms with van der Waals surface area (Å²) in [5.74, 6) is 1.23. The molecule has 0 aromatic carbocycles. The summed E-state index contributed by atoms with van der Waals surface area (Å²) >= 11 is 0. The van der Waals surface area contributed by atoms with E-state index in [-0.39, 0.29) is 12.4 Å². The molecule has 1 aliphatic rings. The van der Waals surface area contributed by atoms with Crippen LogP contribution in [-0.4, -0.2) is 17.3 Å². The predicted molar refractivity (Wildman–Crippen MR) is 58.0 cm³/mol. The van der Waals surface area contributed by atoms with E-state index in [1.54, 1.807) is 0 Å². The molecule has 0 aromatic heterocycles. The van der Waals surface area contributed by atoms with Gasteiger partial charge < -0.3 is 10.8 Å². The molecule has 3 heteroatoms. The lowest BCUT2D eigenvalue weighted by atomic mass is 9.97. The summed E-state index contributed by atoms with van der Waals surface area (Å²) in [4.78, 5) is 0. The Balaban J connectivity index is 0.00000144. The summed E-state index contributed by atoms with van der Waals surface area (Å²) < 4.78 is 0. The molecule has 0 spiro atoms. The van der Waals surface area contributed by atoms with Gasteiger partial charge in [0, 0.05) is 0 Å². The van der Waals surface area contributed by atoms with Crippen molar-refractivity contribution in [3.8, 4) is 0 Å². The Bertz CT molecular complexity index is 174. The van der Waals surface area contributed by atoms with Crippen LogP contribution in [0.3, 0.4) is 0 Å². The second kappa shape index (κ2) is 3.76.